The van der Waals surface area contributed by atoms with Crippen molar-refractivity contribution in [3.63, 3.8) is 0 Å². The van der Waals surface area contributed by atoms with E-state index in [4.69, 9.17) is 0 Å². The predicted molar refractivity (Wildman–Crippen MR) is 128 cm³/mol. The average molecular weight is 513 g/mol. The monoisotopic (exact) mass is 513 g/mol. The van der Waals surface area contributed by atoms with Crippen molar-refractivity contribution in [2.45, 2.75) is 18.9 Å². The van der Waals surface area contributed by atoms with E-state index in [2.05, 4.69) is 43.4 Å². The number of guanidine groups is 1. The van der Waals surface area contributed by atoms with Crippen LogP contribution in [0.4, 0.5) is 5.00 Å². The van der Waals surface area contributed by atoms with Crippen LogP contribution in [0.5, 0.6) is 0 Å². The van der Waals surface area contributed by atoms with Crippen LogP contribution in [0.2, 0.25) is 0 Å². The summed E-state index contributed by atoms with van der Waals surface area (Å²) in [7, 11) is 1.78. The van der Waals surface area contributed by atoms with Crippen molar-refractivity contribution in [3.05, 3.63) is 53.4 Å². The molecule has 8 heteroatoms. The van der Waals surface area contributed by atoms with E-state index < -0.39 is 0 Å². The fraction of sp³-hybridized carbons (Fsp3) is 0.400. The summed E-state index contributed by atoms with van der Waals surface area (Å²) < 4.78 is 0. The van der Waals surface area contributed by atoms with E-state index in [1.165, 1.54) is 5.00 Å². The van der Waals surface area contributed by atoms with E-state index in [1.54, 1.807) is 18.4 Å². The molecule has 1 aromatic heterocycles. The van der Waals surface area contributed by atoms with E-state index in [9.17, 15) is 4.79 Å². The van der Waals surface area contributed by atoms with Gasteiger partial charge in [-0.1, -0.05) is 18.2 Å². The summed E-state index contributed by atoms with van der Waals surface area (Å²) in [5.74, 6) is 0.736. The zero-order valence-corrected chi connectivity index (χ0v) is 19.2. The first-order chi connectivity index (χ1) is 13.3. The molecule has 1 aliphatic heterocycles. The second-order valence-corrected chi connectivity index (χ2v) is 7.40. The van der Waals surface area contributed by atoms with E-state index in [0.717, 1.165) is 31.9 Å². The molecule has 0 radical (unpaired) electrons. The Labute approximate surface area is 187 Å². The number of thiophene rings is 1. The number of rotatable bonds is 6. The molecule has 6 nitrogen and oxygen atoms in total. The number of carbonyl (C=O) groups excluding carboxylic acids is 1. The molecule has 1 fully saturated rings. The Kier molecular flexibility index (Phi) is 9.56. The Morgan fingerprint density at radius 2 is 1.82 bits per heavy atom. The molecule has 0 saturated carbocycles. The molecular formula is C20H28IN5OS. The maximum Gasteiger partial charge on any atom is 0.251 e. The minimum atomic E-state index is -0.0544. The van der Waals surface area contributed by atoms with E-state index in [0.29, 0.717) is 24.7 Å². The molecule has 3 rings (SSSR count). The number of benzene rings is 1. The number of carbonyl (C=O) groups is 1. The van der Waals surface area contributed by atoms with Gasteiger partial charge in [-0.15, -0.1) is 35.3 Å². The Balaban J connectivity index is 0.00000280. The molecule has 0 aliphatic carbocycles. The van der Waals surface area contributed by atoms with E-state index in [-0.39, 0.29) is 29.9 Å². The van der Waals surface area contributed by atoms with Gasteiger partial charge in [-0.3, -0.25) is 9.79 Å². The minimum absolute atomic E-state index is 0. The zero-order chi connectivity index (χ0) is 18.9. The van der Waals surface area contributed by atoms with Crippen LogP contribution < -0.4 is 20.9 Å². The Hall–Kier alpha value is -1.81. The first-order valence-electron chi connectivity index (χ1n) is 9.35. The standard InChI is InChI=1S/C20H27N5OS.HI/c1-21-20(23-12-11-22-19(26)16-6-3-2-4-7-16)24-17-9-13-25(14-10-17)18-8-5-15-27-18;/h2-8,15,17H,9-14H2,1H3,(H,22,26)(H2,21,23,24);1H. The van der Waals surface area contributed by atoms with Gasteiger partial charge in [-0.2, -0.15) is 0 Å². The summed E-state index contributed by atoms with van der Waals surface area (Å²) in [6.07, 6.45) is 2.17. The largest absolute Gasteiger partial charge is 0.363 e. The number of nitrogens with zero attached hydrogens (tertiary/aromatic N) is 2. The third kappa shape index (κ3) is 6.66. The van der Waals surface area contributed by atoms with Gasteiger partial charge >= 0.3 is 0 Å². The SMILES string of the molecule is CN=C(NCCNC(=O)c1ccccc1)NC1CCN(c2cccs2)CC1.I. The molecular weight excluding hydrogens is 485 g/mol. The van der Waals surface area contributed by atoms with Crippen molar-refractivity contribution in [2.24, 2.45) is 4.99 Å². The smallest absolute Gasteiger partial charge is 0.251 e. The summed E-state index contributed by atoms with van der Waals surface area (Å²) in [5, 5.41) is 13.2. The van der Waals surface area contributed by atoms with Gasteiger partial charge in [0.2, 0.25) is 0 Å². The van der Waals surface area contributed by atoms with Crippen molar-refractivity contribution >= 4 is 52.2 Å². The van der Waals surface area contributed by atoms with Gasteiger partial charge in [-0.25, -0.2) is 0 Å². The first-order valence-corrected chi connectivity index (χ1v) is 10.2. The lowest BCUT2D eigenvalue weighted by atomic mass is 10.1. The minimum Gasteiger partial charge on any atom is -0.363 e. The highest BCUT2D eigenvalue weighted by atomic mass is 127. The zero-order valence-electron chi connectivity index (χ0n) is 16.1. The maximum atomic E-state index is 12.0. The number of nitrogens with one attached hydrogen (secondary N) is 3. The molecule has 0 spiro atoms. The van der Waals surface area contributed by atoms with Crippen LogP contribution >= 0.6 is 35.3 Å². The molecule has 28 heavy (non-hydrogen) atoms. The summed E-state index contributed by atoms with van der Waals surface area (Å²) in [6.45, 7) is 3.29. The molecule has 2 aromatic rings. The molecule has 2 heterocycles. The predicted octanol–water partition coefficient (Wildman–Crippen LogP) is 2.93. The lowest BCUT2D eigenvalue weighted by Gasteiger charge is -2.33. The normalized spacial score (nSPS) is 14.9. The number of piperidine rings is 1. The Morgan fingerprint density at radius 1 is 1.11 bits per heavy atom. The molecule has 1 aromatic carbocycles. The van der Waals surface area contributed by atoms with Gasteiger partial charge < -0.3 is 20.9 Å². The summed E-state index contributed by atoms with van der Waals surface area (Å²) in [5.41, 5.74) is 0.678. The number of aliphatic imine (C=N–C) groups is 1. The summed E-state index contributed by atoms with van der Waals surface area (Å²) >= 11 is 1.80. The Bertz CT molecular complexity index is 730. The number of amides is 1. The average Bonchev–Trinajstić information content (AvgIpc) is 3.26. The topological polar surface area (TPSA) is 68.8 Å². The fourth-order valence-corrected chi connectivity index (χ4v) is 3.92. The molecule has 0 unspecified atom stereocenters. The van der Waals surface area contributed by atoms with Gasteiger partial charge in [0, 0.05) is 44.8 Å². The number of halogens is 1. The second kappa shape index (κ2) is 11.9. The van der Waals surface area contributed by atoms with E-state index >= 15 is 0 Å². The second-order valence-electron chi connectivity index (χ2n) is 6.48. The van der Waals surface area contributed by atoms with Crippen molar-refractivity contribution in [2.75, 3.05) is 38.1 Å². The fourth-order valence-electron chi connectivity index (χ4n) is 3.13. The molecule has 0 bridgehead atoms. The maximum absolute atomic E-state index is 12.0. The van der Waals surface area contributed by atoms with Crippen LogP contribution in [0, 0.1) is 0 Å². The highest BCUT2D eigenvalue weighted by molar-refractivity contribution is 14.0. The highest BCUT2D eigenvalue weighted by Crippen LogP contribution is 2.24. The molecule has 1 saturated heterocycles. The molecule has 0 atom stereocenters. The van der Waals surface area contributed by atoms with E-state index in [1.807, 2.05) is 30.3 Å². The summed E-state index contributed by atoms with van der Waals surface area (Å²) in [4.78, 5) is 18.8. The molecule has 1 amide bonds. The van der Waals surface area contributed by atoms with Crippen molar-refractivity contribution in [3.8, 4) is 0 Å². The third-order valence-electron chi connectivity index (χ3n) is 4.62. The van der Waals surface area contributed by atoms with Crippen LogP contribution in [0.3, 0.4) is 0 Å². The van der Waals surface area contributed by atoms with Crippen LogP contribution in [-0.2, 0) is 0 Å². The quantitative estimate of drug-likeness (QED) is 0.241. The van der Waals surface area contributed by atoms with Crippen LogP contribution in [0.25, 0.3) is 0 Å². The van der Waals surface area contributed by atoms with Crippen molar-refractivity contribution < 1.29 is 4.79 Å². The van der Waals surface area contributed by atoms with Gasteiger partial charge in [0.25, 0.3) is 5.91 Å². The third-order valence-corrected chi connectivity index (χ3v) is 5.55. The van der Waals surface area contributed by atoms with Gasteiger partial charge in [-0.05, 0) is 42.5 Å². The van der Waals surface area contributed by atoms with Crippen molar-refractivity contribution in [1.82, 2.24) is 16.0 Å². The molecule has 3 N–H and O–H groups in total. The number of hydrogen-bond acceptors (Lipinski definition) is 4. The summed E-state index contributed by atoms with van der Waals surface area (Å²) in [6, 6.07) is 14.0. The highest BCUT2D eigenvalue weighted by Gasteiger charge is 2.20. The van der Waals surface area contributed by atoms with Crippen LogP contribution in [-0.4, -0.2) is 51.1 Å². The molecule has 1 aliphatic rings. The number of hydrogen-bond donors (Lipinski definition) is 3. The first kappa shape index (κ1) is 22.5. The number of anilines is 1. The van der Waals surface area contributed by atoms with Gasteiger partial charge in [0.05, 0.1) is 5.00 Å². The van der Waals surface area contributed by atoms with Gasteiger partial charge in [0.1, 0.15) is 0 Å². The van der Waals surface area contributed by atoms with Crippen molar-refractivity contribution in [1.29, 1.82) is 0 Å². The lowest BCUT2D eigenvalue weighted by molar-refractivity contribution is 0.0954. The molecule has 152 valence electrons. The lowest BCUT2D eigenvalue weighted by Crippen LogP contribution is -2.49. The van der Waals surface area contributed by atoms with Crippen LogP contribution in [0.1, 0.15) is 23.2 Å². The van der Waals surface area contributed by atoms with Crippen LogP contribution in [0.15, 0.2) is 52.8 Å². The van der Waals surface area contributed by atoms with Gasteiger partial charge in [0.15, 0.2) is 5.96 Å². The Morgan fingerprint density at radius 3 is 2.46 bits per heavy atom.